The van der Waals surface area contributed by atoms with Gasteiger partial charge in [-0.25, -0.2) is 4.79 Å². The van der Waals surface area contributed by atoms with Gasteiger partial charge in [0, 0.05) is 4.47 Å². The third-order valence-electron chi connectivity index (χ3n) is 2.60. The summed E-state index contributed by atoms with van der Waals surface area (Å²) in [5, 5.41) is 0.476. The summed E-state index contributed by atoms with van der Waals surface area (Å²) in [7, 11) is 1.36. The van der Waals surface area contributed by atoms with Crippen molar-refractivity contribution in [3.8, 4) is 5.75 Å². The van der Waals surface area contributed by atoms with Crippen LogP contribution in [0.25, 0.3) is 0 Å². The van der Waals surface area contributed by atoms with Crippen molar-refractivity contribution in [3.05, 3.63) is 27.2 Å². The number of aryl methyl sites for hydroxylation is 1. The fourth-order valence-corrected chi connectivity index (χ4v) is 2.75. The van der Waals surface area contributed by atoms with Gasteiger partial charge >= 0.3 is 5.97 Å². The molecule has 19 heavy (non-hydrogen) atoms. The molecule has 3 nitrogen and oxygen atoms in total. The molecule has 0 fully saturated rings. The van der Waals surface area contributed by atoms with Gasteiger partial charge in [0.15, 0.2) is 6.10 Å². The van der Waals surface area contributed by atoms with Gasteiger partial charge in [-0.05, 0) is 37.0 Å². The lowest BCUT2D eigenvalue weighted by Gasteiger charge is -2.20. The largest absolute Gasteiger partial charge is 0.477 e. The lowest BCUT2D eigenvalue weighted by molar-refractivity contribution is -0.149. The van der Waals surface area contributed by atoms with Crippen molar-refractivity contribution in [1.29, 1.82) is 0 Å². The summed E-state index contributed by atoms with van der Waals surface area (Å²) in [5.74, 6) is 0.464. The van der Waals surface area contributed by atoms with Crippen molar-refractivity contribution in [2.45, 2.75) is 33.3 Å². The Morgan fingerprint density at radius 1 is 1.42 bits per heavy atom. The minimum Gasteiger partial charge on any atom is -0.477 e. The molecule has 0 N–H and O–H groups in total. The SMILES string of the molecule is COC(=O)[C@@H](CC(C)C)Oc1c(C)cc(Br)cc1Cl. The number of esters is 1. The highest BCUT2D eigenvalue weighted by Crippen LogP contribution is 2.33. The van der Waals surface area contributed by atoms with Gasteiger partial charge < -0.3 is 9.47 Å². The van der Waals surface area contributed by atoms with E-state index in [1.807, 2.05) is 26.8 Å². The average molecular weight is 350 g/mol. The number of benzene rings is 1. The van der Waals surface area contributed by atoms with E-state index in [0.29, 0.717) is 23.1 Å². The number of hydrogen-bond acceptors (Lipinski definition) is 3. The van der Waals surface area contributed by atoms with Crippen molar-refractivity contribution < 1.29 is 14.3 Å². The van der Waals surface area contributed by atoms with Crippen LogP contribution in [0.5, 0.6) is 5.75 Å². The summed E-state index contributed by atoms with van der Waals surface area (Å²) in [6.07, 6.45) is -0.0548. The van der Waals surface area contributed by atoms with E-state index in [9.17, 15) is 4.79 Å². The second kappa shape index (κ2) is 7.15. The number of carbonyl (C=O) groups is 1. The summed E-state index contributed by atoms with van der Waals surface area (Å²) in [5.41, 5.74) is 0.872. The second-order valence-corrected chi connectivity index (χ2v) is 6.12. The molecule has 0 unspecified atom stereocenters. The monoisotopic (exact) mass is 348 g/mol. The van der Waals surface area contributed by atoms with Gasteiger partial charge in [0.1, 0.15) is 5.75 Å². The molecule has 0 spiro atoms. The molecule has 0 saturated carbocycles. The molecule has 0 bridgehead atoms. The highest BCUT2D eigenvalue weighted by Gasteiger charge is 2.24. The van der Waals surface area contributed by atoms with Crippen molar-refractivity contribution in [3.63, 3.8) is 0 Å². The normalized spacial score (nSPS) is 12.4. The maximum Gasteiger partial charge on any atom is 0.347 e. The van der Waals surface area contributed by atoms with Crippen LogP contribution in [-0.4, -0.2) is 19.2 Å². The van der Waals surface area contributed by atoms with Gasteiger partial charge in [0.05, 0.1) is 12.1 Å². The third kappa shape index (κ3) is 4.69. The van der Waals surface area contributed by atoms with E-state index in [1.54, 1.807) is 6.07 Å². The Bertz CT molecular complexity index is 437. The number of carbonyl (C=O) groups excluding carboxylic acids is 1. The molecule has 0 aliphatic heterocycles. The lowest BCUT2D eigenvalue weighted by Crippen LogP contribution is -2.30. The quantitative estimate of drug-likeness (QED) is 0.740. The number of halogens is 2. The van der Waals surface area contributed by atoms with E-state index in [1.165, 1.54) is 7.11 Å². The number of rotatable bonds is 5. The van der Waals surface area contributed by atoms with Gasteiger partial charge in [-0.15, -0.1) is 0 Å². The molecule has 1 aromatic rings. The molecule has 0 aliphatic carbocycles. The summed E-state index contributed by atoms with van der Waals surface area (Å²) in [4.78, 5) is 11.7. The summed E-state index contributed by atoms with van der Waals surface area (Å²) in [6, 6.07) is 3.64. The fourth-order valence-electron chi connectivity index (χ4n) is 1.73. The molecule has 0 saturated heterocycles. The van der Waals surface area contributed by atoms with Crippen LogP contribution >= 0.6 is 27.5 Å². The van der Waals surface area contributed by atoms with E-state index >= 15 is 0 Å². The first-order chi connectivity index (χ1) is 8.85. The van der Waals surface area contributed by atoms with Gasteiger partial charge in [-0.2, -0.15) is 0 Å². The van der Waals surface area contributed by atoms with E-state index in [-0.39, 0.29) is 5.97 Å². The zero-order valence-electron chi connectivity index (χ0n) is 11.5. The first-order valence-corrected chi connectivity index (χ1v) is 7.22. The lowest BCUT2D eigenvalue weighted by atomic mass is 10.1. The Morgan fingerprint density at radius 3 is 2.53 bits per heavy atom. The van der Waals surface area contributed by atoms with Crippen LogP contribution in [0.2, 0.25) is 5.02 Å². The van der Waals surface area contributed by atoms with Gasteiger partial charge in [-0.3, -0.25) is 0 Å². The zero-order valence-corrected chi connectivity index (χ0v) is 13.8. The third-order valence-corrected chi connectivity index (χ3v) is 3.34. The predicted molar refractivity (Wildman–Crippen MR) is 79.8 cm³/mol. The molecule has 0 amide bonds. The molecule has 106 valence electrons. The molecule has 5 heteroatoms. The Balaban J connectivity index is 2.99. The Hall–Kier alpha value is -0.740. The van der Waals surface area contributed by atoms with Crippen LogP contribution in [0.4, 0.5) is 0 Å². The molecule has 0 aliphatic rings. The second-order valence-electron chi connectivity index (χ2n) is 4.79. The molecule has 0 aromatic heterocycles. The molecule has 0 heterocycles. The van der Waals surface area contributed by atoms with Crippen LogP contribution in [0.3, 0.4) is 0 Å². The first kappa shape index (κ1) is 16.3. The Labute approximate surface area is 127 Å². The molecular formula is C14H18BrClO3. The van der Waals surface area contributed by atoms with E-state index in [4.69, 9.17) is 21.1 Å². The van der Waals surface area contributed by atoms with Gasteiger partial charge in [-0.1, -0.05) is 41.4 Å². The first-order valence-electron chi connectivity index (χ1n) is 6.05. The highest BCUT2D eigenvalue weighted by molar-refractivity contribution is 9.10. The van der Waals surface area contributed by atoms with E-state index < -0.39 is 6.10 Å². The predicted octanol–water partition coefficient (Wildman–Crippen LogP) is 4.38. The van der Waals surface area contributed by atoms with Crippen molar-refractivity contribution in [2.75, 3.05) is 7.11 Å². The minimum atomic E-state index is -0.637. The van der Waals surface area contributed by atoms with Gasteiger partial charge in [0.25, 0.3) is 0 Å². The molecule has 1 aromatic carbocycles. The maximum absolute atomic E-state index is 11.7. The number of methoxy groups -OCH3 is 1. The smallest absolute Gasteiger partial charge is 0.347 e. The number of ether oxygens (including phenoxy) is 2. The molecule has 1 atom stereocenters. The van der Waals surface area contributed by atoms with Crippen LogP contribution in [0.15, 0.2) is 16.6 Å². The van der Waals surface area contributed by atoms with Crippen LogP contribution in [0.1, 0.15) is 25.8 Å². The van der Waals surface area contributed by atoms with Gasteiger partial charge in [0.2, 0.25) is 0 Å². The summed E-state index contributed by atoms with van der Waals surface area (Å²) in [6.45, 7) is 5.93. The zero-order chi connectivity index (χ0) is 14.6. The maximum atomic E-state index is 11.7. The molecular weight excluding hydrogens is 332 g/mol. The minimum absolute atomic E-state index is 0.318. The van der Waals surface area contributed by atoms with Crippen LogP contribution < -0.4 is 4.74 Å². The molecule has 1 rings (SSSR count). The van der Waals surface area contributed by atoms with Crippen molar-refractivity contribution in [1.82, 2.24) is 0 Å². The fraction of sp³-hybridized carbons (Fsp3) is 0.500. The average Bonchev–Trinajstić information content (AvgIpc) is 2.30. The topological polar surface area (TPSA) is 35.5 Å². The Kier molecular flexibility index (Phi) is 6.14. The Morgan fingerprint density at radius 2 is 2.05 bits per heavy atom. The number of hydrogen-bond donors (Lipinski definition) is 0. The van der Waals surface area contributed by atoms with Crippen molar-refractivity contribution in [2.24, 2.45) is 5.92 Å². The van der Waals surface area contributed by atoms with Crippen molar-refractivity contribution >= 4 is 33.5 Å². The summed E-state index contributed by atoms with van der Waals surface area (Å²) >= 11 is 9.52. The van der Waals surface area contributed by atoms with Crippen LogP contribution in [-0.2, 0) is 9.53 Å². The molecule has 0 radical (unpaired) electrons. The van der Waals surface area contributed by atoms with Crippen LogP contribution in [0, 0.1) is 12.8 Å². The van der Waals surface area contributed by atoms with E-state index in [0.717, 1.165) is 10.0 Å². The standard InChI is InChI=1S/C14H18BrClO3/c1-8(2)5-12(14(17)18-4)19-13-9(3)6-10(15)7-11(13)16/h6-8,12H,5H2,1-4H3/t12-/m1/s1. The highest BCUT2D eigenvalue weighted by atomic mass is 79.9. The van der Waals surface area contributed by atoms with E-state index in [2.05, 4.69) is 15.9 Å². The summed E-state index contributed by atoms with van der Waals surface area (Å²) < 4.78 is 11.4.